The van der Waals surface area contributed by atoms with E-state index in [1.165, 1.54) is 78.0 Å². The largest absolute Gasteiger partial charge is 0.376 e. The summed E-state index contributed by atoms with van der Waals surface area (Å²) >= 11 is 3.45. The molecule has 180 valence electrons. The summed E-state index contributed by atoms with van der Waals surface area (Å²) in [4.78, 5) is 20.5. The minimum atomic E-state index is -0.228. The number of aryl methyl sites for hydroxylation is 1. The Morgan fingerprint density at radius 2 is 1.82 bits per heavy atom. The van der Waals surface area contributed by atoms with Gasteiger partial charge in [-0.1, -0.05) is 44.9 Å². The van der Waals surface area contributed by atoms with Crippen molar-refractivity contribution in [2.24, 2.45) is 0 Å². The van der Waals surface area contributed by atoms with Gasteiger partial charge in [-0.05, 0) is 43.5 Å². The lowest BCUT2D eigenvalue weighted by molar-refractivity contribution is 0.0677. The molecule has 2 aromatic heterocycles. The van der Waals surface area contributed by atoms with Gasteiger partial charge in [0.15, 0.2) is 6.29 Å². The van der Waals surface area contributed by atoms with E-state index in [0.29, 0.717) is 12.6 Å². The van der Waals surface area contributed by atoms with E-state index >= 15 is 0 Å². The van der Waals surface area contributed by atoms with Gasteiger partial charge >= 0.3 is 0 Å². The zero-order valence-electron chi connectivity index (χ0n) is 19.5. The molecule has 1 amide bonds. The normalized spacial score (nSPS) is 25.6. The minimum Gasteiger partial charge on any atom is -0.376 e. The molecule has 5 rings (SSSR count). The number of nitrogens with zero attached hydrogens (tertiary/aromatic N) is 1. The third kappa shape index (κ3) is 5.52. The van der Waals surface area contributed by atoms with Gasteiger partial charge in [-0.2, -0.15) is 0 Å². The molecule has 3 N–H and O–H groups in total. The average Bonchev–Trinajstić information content (AvgIpc) is 3.55. The molecule has 2 fully saturated rings. The number of rotatable bonds is 4. The van der Waals surface area contributed by atoms with E-state index in [0.717, 1.165) is 17.9 Å². The SMILES string of the molecule is Cc1ccc(C2NNC(NC(=O)c3cc4c(s3)CCOC4)N2C2CCCCCCCCC2)s1. The van der Waals surface area contributed by atoms with Crippen molar-refractivity contribution >= 4 is 28.6 Å². The molecule has 2 aromatic rings. The molecular formula is C25H36N4O2S2. The maximum atomic E-state index is 13.3. The fraction of sp³-hybridized carbons (Fsp3) is 0.640. The van der Waals surface area contributed by atoms with Crippen molar-refractivity contribution in [3.63, 3.8) is 0 Å². The molecule has 6 nitrogen and oxygen atoms in total. The molecule has 1 aliphatic carbocycles. The summed E-state index contributed by atoms with van der Waals surface area (Å²) in [7, 11) is 0. The topological polar surface area (TPSA) is 65.6 Å². The van der Waals surface area contributed by atoms with Crippen molar-refractivity contribution < 1.29 is 9.53 Å². The molecule has 0 aromatic carbocycles. The fourth-order valence-electron chi connectivity index (χ4n) is 5.35. The van der Waals surface area contributed by atoms with Gasteiger partial charge < -0.3 is 10.1 Å². The van der Waals surface area contributed by atoms with E-state index < -0.39 is 0 Å². The third-order valence-corrected chi connectivity index (χ3v) is 9.39. The lowest BCUT2D eigenvalue weighted by Gasteiger charge is -2.36. The minimum absolute atomic E-state index is 0.00146. The molecule has 1 saturated heterocycles. The summed E-state index contributed by atoms with van der Waals surface area (Å²) in [5, 5.41) is 3.31. The number of carbonyl (C=O) groups excluding carboxylic acids is 1. The second-order valence-electron chi connectivity index (χ2n) is 9.53. The van der Waals surface area contributed by atoms with Crippen molar-refractivity contribution in [2.75, 3.05) is 6.61 Å². The van der Waals surface area contributed by atoms with E-state index in [9.17, 15) is 4.79 Å². The van der Waals surface area contributed by atoms with E-state index in [4.69, 9.17) is 4.74 Å². The van der Waals surface area contributed by atoms with Gasteiger partial charge in [-0.25, -0.2) is 15.8 Å². The maximum Gasteiger partial charge on any atom is 0.263 e. The highest BCUT2D eigenvalue weighted by atomic mass is 32.1. The molecule has 2 aliphatic heterocycles. The molecule has 0 spiro atoms. The lowest BCUT2D eigenvalue weighted by atomic mass is 9.96. The number of fused-ring (bicyclic) bond motifs is 1. The molecule has 2 atom stereocenters. The zero-order valence-corrected chi connectivity index (χ0v) is 21.2. The van der Waals surface area contributed by atoms with Crippen LogP contribution in [0.4, 0.5) is 0 Å². The lowest BCUT2D eigenvalue weighted by Crippen LogP contribution is -2.54. The predicted molar refractivity (Wildman–Crippen MR) is 134 cm³/mol. The first kappa shape index (κ1) is 23.5. The van der Waals surface area contributed by atoms with Crippen LogP contribution in [-0.2, 0) is 17.8 Å². The zero-order chi connectivity index (χ0) is 22.6. The molecule has 2 unspecified atom stereocenters. The van der Waals surface area contributed by atoms with Gasteiger partial charge in [0.1, 0.15) is 6.17 Å². The Kier molecular flexibility index (Phi) is 7.80. The van der Waals surface area contributed by atoms with Crippen molar-refractivity contribution in [3.8, 4) is 0 Å². The summed E-state index contributed by atoms with van der Waals surface area (Å²) in [6, 6.07) is 6.87. The van der Waals surface area contributed by atoms with E-state index in [2.05, 4.69) is 40.1 Å². The second-order valence-corrected chi connectivity index (χ2v) is 12.0. The fourth-order valence-corrected chi connectivity index (χ4v) is 7.34. The molecule has 0 bridgehead atoms. The molecular weight excluding hydrogens is 452 g/mol. The first-order valence-corrected chi connectivity index (χ1v) is 14.2. The summed E-state index contributed by atoms with van der Waals surface area (Å²) in [6.45, 7) is 3.53. The van der Waals surface area contributed by atoms with Crippen LogP contribution in [-0.4, -0.2) is 29.7 Å². The quantitative estimate of drug-likeness (QED) is 0.552. The number of carbonyl (C=O) groups is 1. The van der Waals surface area contributed by atoms with Crippen LogP contribution in [0, 0.1) is 6.92 Å². The first-order valence-electron chi connectivity index (χ1n) is 12.5. The highest BCUT2D eigenvalue weighted by Crippen LogP contribution is 2.34. The molecule has 4 heterocycles. The smallest absolute Gasteiger partial charge is 0.263 e. The number of amides is 1. The van der Waals surface area contributed by atoms with Crippen molar-refractivity contribution in [1.29, 1.82) is 0 Å². The van der Waals surface area contributed by atoms with Crippen LogP contribution >= 0.6 is 22.7 Å². The molecule has 1 saturated carbocycles. The van der Waals surface area contributed by atoms with Gasteiger partial charge in [0, 0.05) is 27.1 Å². The molecule has 0 radical (unpaired) electrons. The van der Waals surface area contributed by atoms with Gasteiger partial charge in [0.2, 0.25) is 0 Å². The average molecular weight is 489 g/mol. The molecule has 8 heteroatoms. The van der Waals surface area contributed by atoms with Crippen LogP contribution in [0.3, 0.4) is 0 Å². The Balaban J connectivity index is 1.36. The van der Waals surface area contributed by atoms with Crippen molar-refractivity contribution in [1.82, 2.24) is 21.1 Å². The van der Waals surface area contributed by atoms with Crippen LogP contribution < -0.4 is 16.2 Å². The standard InChI is InChI=1S/C25H36N4O2S2/c1-17-11-12-21(32-17)23-27-28-25(29(23)19-9-7-5-3-2-4-6-8-10-19)26-24(30)22-15-18-16-31-14-13-20(18)33-22/h11-12,15,19,23,25,27-28H,2-10,13-14,16H2,1H3,(H,26,30). The first-order chi connectivity index (χ1) is 16.2. The summed E-state index contributed by atoms with van der Waals surface area (Å²) in [5.41, 5.74) is 8.10. The Labute approximate surface area is 205 Å². The van der Waals surface area contributed by atoms with Crippen LogP contribution in [0.25, 0.3) is 0 Å². The summed E-state index contributed by atoms with van der Waals surface area (Å²) in [5.74, 6) is 0.00146. The second kappa shape index (κ2) is 11.0. The Hall–Kier alpha value is -1.29. The van der Waals surface area contributed by atoms with Crippen LogP contribution in [0.15, 0.2) is 18.2 Å². The summed E-state index contributed by atoms with van der Waals surface area (Å²) in [6.07, 6.45) is 12.3. The van der Waals surface area contributed by atoms with Crippen molar-refractivity contribution in [2.45, 2.75) is 96.2 Å². The molecule has 3 aliphatic rings. The highest BCUT2D eigenvalue weighted by Gasteiger charge is 2.40. The number of hydrogen-bond acceptors (Lipinski definition) is 7. The van der Waals surface area contributed by atoms with Crippen molar-refractivity contribution in [3.05, 3.63) is 43.3 Å². The number of nitrogens with one attached hydrogen (secondary N) is 3. The Bertz CT molecular complexity index is 909. The van der Waals surface area contributed by atoms with Crippen LogP contribution in [0.5, 0.6) is 0 Å². The van der Waals surface area contributed by atoms with Gasteiger partial charge in [-0.15, -0.1) is 22.7 Å². The van der Waals surface area contributed by atoms with E-state index in [1.54, 1.807) is 11.3 Å². The highest BCUT2D eigenvalue weighted by molar-refractivity contribution is 7.14. The predicted octanol–water partition coefficient (Wildman–Crippen LogP) is 5.21. The van der Waals surface area contributed by atoms with E-state index in [1.807, 2.05) is 17.4 Å². The number of thiophene rings is 2. The summed E-state index contributed by atoms with van der Waals surface area (Å²) < 4.78 is 5.57. The number of hydrazine groups is 1. The van der Waals surface area contributed by atoms with Crippen LogP contribution in [0.1, 0.15) is 93.8 Å². The van der Waals surface area contributed by atoms with Gasteiger partial charge in [0.25, 0.3) is 5.91 Å². The number of ether oxygens (including phenoxy) is 1. The third-order valence-electron chi connectivity index (χ3n) is 7.10. The Morgan fingerprint density at radius 3 is 2.52 bits per heavy atom. The monoisotopic (exact) mass is 488 g/mol. The number of hydrogen-bond donors (Lipinski definition) is 3. The van der Waals surface area contributed by atoms with Crippen LogP contribution in [0.2, 0.25) is 0 Å². The van der Waals surface area contributed by atoms with Gasteiger partial charge in [-0.3, -0.25) is 4.79 Å². The Morgan fingerprint density at radius 1 is 1.06 bits per heavy atom. The maximum absolute atomic E-state index is 13.3. The molecule has 33 heavy (non-hydrogen) atoms. The van der Waals surface area contributed by atoms with E-state index in [-0.39, 0.29) is 18.4 Å². The van der Waals surface area contributed by atoms with Gasteiger partial charge in [0.05, 0.1) is 18.1 Å².